The monoisotopic (exact) mass is 273 g/mol. The van der Waals surface area contributed by atoms with E-state index in [0.29, 0.717) is 5.92 Å². The second kappa shape index (κ2) is 5.11. The van der Waals surface area contributed by atoms with E-state index in [1.807, 2.05) is 12.1 Å². The highest BCUT2D eigenvalue weighted by atomic mass is 16.2. The van der Waals surface area contributed by atoms with Crippen molar-refractivity contribution in [2.24, 2.45) is 0 Å². The number of amides is 1. The van der Waals surface area contributed by atoms with Crippen LogP contribution >= 0.6 is 0 Å². The maximum atomic E-state index is 11.9. The fraction of sp³-hybridized carbons (Fsp3) is 0.500. The number of aromatic nitrogens is 3. The van der Waals surface area contributed by atoms with E-state index in [9.17, 15) is 4.79 Å². The molecule has 0 radical (unpaired) electrons. The van der Waals surface area contributed by atoms with Gasteiger partial charge in [0, 0.05) is 24.4 Å². The van der Waals surface area contributed by atoms with Gasteiger partial charge in [-0.3, -0.25) is 4.79 Å². The molecular weight excluding hydrogens is 254 g/mol. The van der Waals surface area contributed by atoms with Crippen LogP contribution in [-0.2, 0) is 4.79 Å². The maximum Gasteiger partial charge on any atom is 0.242 e. The summed E-state index contributed by atoms with van der Waals surface area (Å²) < 4.78 is 1.74. The molecule has 6 heteroatoms. The van der Waals surface area contributed by atoms with Crippen molar-refractivity contribution in [3.05, 3.63) is 24.0 Å². The molecule has 0 spiro atoms. The largest absolute Gasteiger partial charge is 0.358 e. The minimum Gasteiger partial charge on any atom is -0.358 e. The highest BCUT2D eigenvalue weighted by molar-refractivity contribution is 5.85. The van der Waals surface area contributed by atoms with Crippen LogP contribution in [0.15, 0.2) is 18.3 Å². The molecule has 2 N–H and O–H groups in total. The standard InChI is InChI=1S/C14H19N5O/c1-9(2)11-8-13(19-12(18-11)5-7-16-19)17-10-4-3-6-15-14(10)20/h5,7-10,17H,3-4,6H2,1-2H3,(H,15,20)/t10-/m1/s1. The van der Waals surface area contributed by atoms with Crippen molar-refractivity contribution in [1.82, 2.24) is 19.9 Å². The maximum absolute atomic E-state index is 11.9. The van der Waals surface area contributed by atoms with Crippen molar-refractivity contribution in [3.8, 4) is 0 Å². The first-order valence-electron chi connectivity index (χ1n) is 7.04. The number of rotatable bonds is 3. The van der Waals surface area contributed by atoms with Gasteiger partial charge in [-0.25, -0.2) is 4.98 Å². The van der Waals surface area contributed by atoms with E-state index >= 15 is 0 Å². The van der Waals surface area contributed by atoms with Gasteiger partial charge in [-0.2, -0.15) is 9.61 Å². The third-order valence-electron chi connectivity index (χ3n) is 3.58. The van der Waals surface area contributed by atoms with Crippen molar-refractivity contribution < 1.29 is 4.79 Å². The van der Waals surface area contributed by atoms with Crippen LogP contribution in [0.5, 0.6) is 0 Å². The van der Waals surface area contributed by atoms with Gasteiger partial charge in [-0.05, 0) is 18.8 Å². The van der Waals surface area contributed by atoms with Crippen LogP contribution in [0.4, 0.5) is 5.82 Å². The van der Waals surface area contributed by atoms with Crippen molar-refractivity contribution in [2.75, 3.05) is 11.9 Å². The van der Waals surface area contributed by atoms with Crippen LogP contribution < -0.4 is 10.6 Å². The molecule has 0 saturated carbocycles. The molecule has 1 saturated heterocycles. The van der Waals surface area contributed by atoms with Crippen molar-refractivity contribution in [2.45, 2.75) is 38.6 Å². The van der Waals surface area contributed by atoms with Crippen LogP contribution in [0.3, 0.4) is 0 Å². The van der Waals surface area contributed by atoms with E-state index in [2.05, 4.69) is 34.6 Å². The van der Waals surface area contributed by atoms with Gasteiger partial charge in [-0.15, -0.1) is 0 Å². The van der Waals surface area contributed by atoms with Gasteiger partial charge in [0.05, 0.1) is 6.20 Å². The SMILES string of the molecule is CC(C)c1cc(N[C@@H]2CCCNC2=O)n2nccc2n1. The molecule has 1 aliphatic rings. The summed E-state index contributed by atoms with van der Waals surface area (Å²) in [4.78, 5) is 16.4. The molecule has 1 amide bonds. The van der Waals surface area contributed by atoms with Crippen molar-refractivity contribution >= 4 is 17.4 Å². The van der Waals surface area contributed by atoms with Crippen LogP contribution in [0.25, 0.3) is 5.65 Å². The Balaban J connectivity index is 1.96. The summed E-state index contributed by atoms with van der Waals surface area (Å²) in [7, 11) is 0. The molecule has 0 aromatic carbocycles. The average molecular weight is 273 g/mol. The summed E-state index contributed by atoms with van der Waals surface area (Å²) >= 11 is 0. The normalized spacial score (nSPS) is 19.4. The van der Waals surface area contributed by atoms with Gasteiger partial charge in [0.25, 0.3) is 0 Å². The second-order valence-electron chi connectivity index (χ2n) is 5.45. The molecule has 0 bridgehead atoms. The lowest BCUT2D eigenvalue weighted by Gasteiger charge is -2.24. The summed E-state index contributed by atoms with van der Waals surface area (Å²) in [6, 6.07) is 3.66. The summed E-state index contributed by atoms with van der Waals surface area (Å²) in [6.07, 6.45) is 3.56. The Morgan fingerprint density at radius 3 is 3.10 bits per heavy atom. The van der Waals surface area contributed by atoms with Gasteiger partial charge in [0.1, 0.15) is 11.9 Å². The Bertz CT molecular complexity index is 634. The lowest BCUT2D eigenvalue weighted by atomic mass is 10.1. The summed E-state index contributed by atoms with van der Waals surface area (Å²) in [5.41, 5.74) is 1.80. The third-order valence-corrected chi connectivity index (χ3v) is 3.58. The number of carbonyl (C=O) groups excluding carboxylic acids is 1. The zero-order chi connectivity index (χ0) is 14.1. The Morgan fingerprint density at radius 2 is 2.35 bits per heavy atom. The Hall–Kier alpha value is -2.11. The number of carbonyl (C=O) groups is 1. The van der Waals surface area contributed by atoms with Crippen LogP contribution in [0.2, 0.25) is 0 Å². The number of nitrogens with zero attached hydrogens (tertiary/aromatic N) is 3. The number of hydrogen-bond donors (Lipinski definition) is 2. The lowest BCUT2D eigenvalue weighted by molar-refractivity contribution is -0.123. The number of nitrogens with one attached hydrogen (secondary N) is 2. The van der Waals surface area contributed by atoms with Gasteiger partial charge >= 0.3 is 0 Å². The van der Waals surface area contributed by atoms with Crippen molar-refractivity contribution in [1.29, 1.82) is 0 Å². The van der Waals surface area contributed by atoms with E-state index in [-0.39, 0.29) is 11.9 Å². The van der Waals surface area contributed by atoms with Crippen LogP contribution in [0.1, 0.15) is 38.3 Å². The first-order chi connectivity index (χ1) is 9.65. The molecule has 3 rings (SSSR count). The molecule has 2 aromatic rings. The van der Waals surface area contributed by atoms with E-state index in [1.54, 1.807) is 10.7 Å². The number of anilines is 1. The predicted octanol–water partition coefficient (Wildman–Crippen LogP) is 1.54. The fourth-order valence-corrected chi connectivity index (χ4v) is 2.42. The summed E-state index contributed by atoms with van der Waals surface area (Å²) in [6.45, 7) is 4.97. The molecule has 3 heterocycles. The van der Waals surface area contributed by atoms with Gasteiger partial charge in [0.2, 0.25) is 5.91 Å². The van der Waals surface area contributed by atoms with Gasteiger partial charge in [0.15, 0.2) is 5.65 Å². The third kappa shape index (κ3) is 2.33. The zero-order valence-electron chi connectivity index (χ0n) is 11.8. The predicted molar refractivity (Wildman–Crippen MR) is 76.7 cm³/mol. The molecule has 1 fully saturated rings. The molecule has 0 unspecified atom stereocenters. The van der Waals surface area contributed by atoms with Crippen LogP contribution in [-0.4, -0.2) is 33.1 Å². The van der Waals surface area contributed by atoms with Crippen LogP contribution in [0, 0.1) is 0 Å². The van der Waals surface area contributed by atoms with Crippen molar-refractivity contribution in [3.63, 3.8) is 0 Å². The minimum absolute atomic E-state index is 0.0551. The van der Waals surface area contributed by atoms with Gasteiger partial charge in [-0.1, -0.05) is 13.8 Å². The molecule has 6 nitrogen and oxygen atoms in total. The summed E-state index contributed by atoms with van der Waals surface area (Å²) in [5.74, 6) is 1.21. The molecule has 0 aliphatic carbocycles. The average Bonchev–Trinajstić information content (AvgIpc) is 2.89. The second-order valence-corrected chi connectivity index (χ2v) is 5.45. The van der Waals surface area contributed by atoms with E-state index < -0.39 is 0 Å². The number of fused-ring (bicyclic) bond motifs is 1. The molecular formula is C14H19N5O. The molecule has 106 valence electrons. The first-order valence-corrected chi connectivity index (χ1v) is 7.04. The molecule has 2 aromatic heterocycles. The fourth-order valence-electron chi connectivity index (χ4n) is 2.42. The Labute approximate surface area is 117 Å². The Morgan fingerprint density at radius 1 is 1.50 bits per heavy atom. The number of piperidine rings is 1. The minimum atomic E-state index is -0.196. The smallest absolute Gasteiger partial charge is 0.242 e. The first kappa shape index (κ1) is 12.9. The van der Waals surface area contributed by atoms with Gasteiger partial charge < -0.3 is 10.6 Å². The van der Waals surface area contributed by atoms with E-state index in [4.69, 9.17) is 0 Å². The molecule has 20 heavy (non-hydrogen) atoms. The molecule has 1 atom stereocenters. The number of hydrogen-bond acceptors (Lipinski definition) is 4. The molecule has 1 aliphatic heterocycles. The van der Waals surface area contributed by atoms with E-state index in [0.717, 1.165) is 36.5 Å². The highest BCUT2D eigenvalue weighted by Crippen LogP contribution is 2.20. The summed E-state index contributed by atoms with van der Waals surface area (Å²) in [5, 5.41) is 10.5. The Kier molecular flexibility index (Phi) is 3.30. The topological polar surface area (TPSA) is 71.3 Å². The lowest BCUT2D eigenvalue weighted by Crippen LogP contribution is -2.44. The quantitative estimate of drug-likeness (QED) is 0.890. The van der Waals surface area contributed by atoms with E-state index in [1.165, 1.54) is 0 Å². The zero-order valence-corrected chi connectivity index (χ0v) is 11.8. The highest BCUT2D eigenvalue weighted by Gasteiger charge is 2.23.